The van der Waals surface area contributed by atoms with Crippen LogP contribution in [0.1, 0.15) is 17.4 Å². The predicted molar refractivity (Wildman–Crippen MR) is 61.7 cm³/mol. The molecular weight excluding hydrogens is 240 g/mol. The maximum Gasteiger partial charge on any atom is 0.131 e. The molecule has 18 heavy (non-hydrogen) atoms. The molecule has 0 radical (unpaired) electrons. The van der Waals surface area contributed by atoms with E-state index in [1.807, 2.05) is 0 Å². The third kappa shape index (κ3) is 3.15. The van der Waals surface area contributed by atoms with Crippen LogP contribution in [-0.2, 0) is 6.54 Å². The summed E-state index contributed by atoms with van der Waals surface area (Å²) < 4.78 is 31.1. The van der Waals surface area contributed by atoms with E-state index in [0.717, 1.165) is 17.9 Å². The number of halogens is 2. The lowest BCUT2D eigenvalue weighted by atomic mass is 10.1. The van der Waals surface area contributed by atoms with Crippen LogP contribution in [0.2, 0.25) is 0 Å². The van der Waals surface area contributed by atoms with Gasteiger partial charge in [-0.3, -0.25) is 0 Å². The summed E-state index contributed by atoms with van der Waals surface area (Å²) >= 11 is 0. The molecular formula is C13H13F2NO2. The molecule has 0 aliphatic rings. The van der Waals surface area contributed by atoms with Crippen molar-refractivity contribution in [2.45, 2.75) is 12.6 Å². The van der Waals surface area contributed by atoms with Crippen molar-refractivity contribution < 1.29 is 18.3 Å². The number of nitrogens with one attached hydrogen (secondary N) is 1. The molecule has 0 saturated carbocycles. The molecule has 0 saturated heterocycles. The maximum atomic E-state index is 13.4. The summed E-state index contributed by atoms with van der Waals surface area (Å²) in [6, 6.07) is 6.66. The number of benzene rings is 1. The number of furan rings is 1. The molecule has 1 aromatic carbocycles. The maximum absolute atomic E-state index is 13.4. The van der Waals surface area contributed by atoms with Crippen LogP contribution in [0, 0.1) is 11.6 Å². The lowest BCUT2D eigenvalue weighted by molar-refractivity contribution is 0.168. The standard InChI is InChI=1S/C13H13F2NO2/c14-9-3-4-11(12(15)6-9)13(17)8-16-7-10-2-1-5-18-10/h1-6,13,16-17H,7-8H2. The molecule has 0 aliphatic heterocycles. The summed E-state index contributed by atoms with van der Waals surface area (Å²) in [5.74, 6) is -0.684. The third-order valence-corrected chi connectivity index (χ3v) is 2.54. The van der Waals surface area contributed by atoms with Gasteiger partial charge in [0.2, 0.25) is 0 Å². The van der Waals surface area contributed by atoms with E-state index in [4.69, 9.17) is 4.42 Å². The molecule has 0 aliphatic carbocycles. The van der Waals surface area contributed by atoms with Crippen molar-refractivity contribution in [1.29, 1.82) is 0 Å². The Kier molecular flexibility index (Phi) is 4.07. The number of aliphatic hydroxyl groups excluding tert-OH is 1. The predicted octanol–water partition coefficient (Wildman–Crippen LogP) is 2.38. The van der Waals surface area contributed by atoms with E-state index in [2.05, 4.69) is 5.32 Å². The monoisotopic (exact) mass is 253 g/mol. The molecule has 3 nitrogen and oxygen atoms in total. The van der Waals surface area contributed by atoms with Gasteiger partial charge in [-0.1, -0.05) is 6.07 Å². The average molecular weight is 253 g/mol. The molecule has 1 heterocycles. The number of hydrogen-bond acceptors (Lipinski definition) is 3. The van der Waals surface area contributed by atoms with Crippen LogP contribution < -0.4 is 5.32 Å². The van der Waals surface area contributed by atoms with Gasteiger partial charge in [-0.2, -0.15) is 0 Å². The Balaban J connectivity index is 1.89. The first kappa shape index (κ1) is 12.7. The van der Waals surface area contributed by atoms with E-state index >= 15 is 0 Å². The second kappa shape index (κ2) is 5.75. The van der Waals surface area contributed by atoms with Gasteiger partial charge in [0.15, 0.2) is 0 Å². The highest BCUT2D eigenvalue weighted by molar-refractivity contribution is 5.21. The van der Waals surface area contributed by atoms with E-state index < -0.39 is 17.7 Å². The average Bonchev–Trinajstić information content (AvgIpc) is 2.81. The molecule has 2 N–H and O–H groups in total. The summed E-state index contributed by atoms with van der Waals surface area (Å²) in [7, 11) is 0. The fourth-order valence-corrected chi connectivity index (χ4v) is 1.63. The van der Waals surface area contributed by atoms with Gasteiger partial charge in [-0.15, -0.1) is 0 Å². The van der Waals surface area contributed by atoms with Crippen LogP contribution in [0.15, 0.2) is 41.0 Å². The molecule has 0 amide bonds. The highest BCUT2D eigenvalue weighted by Crippen LogP contribution is 2.17. The van der Waals surface area contributed by atoms with Crippen LogP contribution >= 0.6 is 0 Å². The van der Waals surface area contributed by atoms with Crippen molar-refractivity contribution in [1.82, 2.24) is 5.32 Å². The Labute approximate surface area is 103 Å². The molecule has 1 unspecified atom stereocenters. The van der Waals surface area contributed by atoms with Gasteiger partial charge in [0.25, 0.3) is 0 Å². The quantitative estimate of drug-likeness (QED) is 0.860. The summed E-state index contributed by atoms with van der Waals surface area (Å²) in [6.45, 7) is 0.593. The molecule has 1 aromatic heterocycles. The van der Waals surface area contributed by atoms with Gasteiger partial charge in [0.1, 0.15) is 17.4 Å². The smallest absolute Gasteiger partial charge is 0.131 e. The molecule has 5 heteroatoms. The highest BCUT2D eigenvalue weighted by Gasteiger charge is 2.13. The van der Waals surface area contributed by atoms with Gasteiger partial charge in [0.05, 0.1) is 18.9 Å². The van der Waals surface area contributed by atoms with E-state index in [1.165, 1.54) is 6.07 Å². The summed E-state index contributed by atoms with van der Waals surface area (Å²) in [4.78, 5) is 0. The van der Waals surface area contributed by atoms with Crippen LogP contribution in [0.4, 0.5) is 8.78 Å². The van der Waals surface area contributed by atoms with E-state index in [-0.39, 0.29) is 12.1 Å². The topological polar surface area (TPSA) is 45.4 Å². The number of hydrogen-bond donors (Lipinski definition) is 2. The van der Waals surface area contributed by atoms with Crippen molar-refractivity contribution in [3.8, 4) is 0 Å². The van der Waals surface area contributed by atoms with Crippen LogP contribution in [0.25, 0.3) is 0 Å². The molecule has 1 atom stereocenters. The lowest BCUT2D eigenvalue weighted by Crippen LogP contribution is -2.21. The fourth-order valence-electron chi connectivity index (χ4n) is 1.63. The molecule has 0 fully saturated rings. The van der Waals surface area contributed by atoms with Crippen molar-refractivity contribution in [2.24, 2.45) is 0 Å². The minimum atomic E-state index is -1.03. The molecule has 2 rings (SSSR count). The minimum absolute atomic E-state index is 0.0725. The largest absolute Gasteiger partial charge is 0.468 e. The van der Waals surface area contributed by atoms with E-state index in [1.54, 1.807) is 18.4 Å². The Hall–Kier alpha value is -1.72. The van der Waals surface area contributed by atoms with Crippen LogP contribution in [0.5, 0.6) is 0 Å². The highest BCUT2D eigenvalue weighted by atomic mass is 19.1. The fraction of sp³-hybridized carbons (Fsp3) is 0.231. The molecule has 96 valence electrons. The number of aliphatic hydroxyl groups is 1. The van der Waals surface area contributed by atoms with Crippen molar-refractivity contribution in [3.05, 3.63) is 59.6 Å². The SMILES string of the molecule is OC(CNCc1ccco1)c1ccc(F)cc1F. The molecule has 0 spiro atoms. The van der Waals surface area contributed by atoms with Gasteiger partial charge in [-0.05, 0) is 18.2 Å². The van der Waals surface area contributed by atoms with Crippen molar-refractivity contribution >= 4 is 0 Å². The van der Waals surface area contributed by atoms with E-state index in [9.17, 15) is 13.9 Å². The zero-order chi connectivity index (χ0) is 13.0. The second-order valence-electron chi connectivity index (χ2n) is 3.89. The van der Waals surface area contributed by atoms with Gasteiger partial charge in [0, 0.05) is 18.2 Å². The Morgan fingerprint density at radius 1 is 1.28 bits per heavy atom. The summed E-state index contributed by atoms with van der Waals surface area (Å²) in [5.41, 5.74) is 0.0725. The second-order valence-corrected chi connectivity index (χ2v) is 3.89. The third-order valence-electron chi connectivity index (χ3n) is 2.54. The van der Waals surface area contributed by atoms with E-state index in [0.29, 0.717) is 6.54 Å². The number of rotatable bonds is 5. The minimum Gasteiger partial charge on any atom is -0.468 e. The summed E-state index contributed by atoms with van der Waals surface area (Å²) in [6.07, 6.45) is 0.521. The Bertz CT molecular complexity index is 500. The normalized spacial score (nSPS) is 12.6. The lowest BCUT2D eigenvalue weighted by Gasteiger charge is -2.12. The van der Waals surface area contributed by atoms with Crippen LogP contribution in [-0.4, -0.2) is 11.7 Å². The molecule has 0 bridgehead atoms. The van der Waals surface area contributed by atoms with Gasteiger partial charge < -0.3 is 14.8 Å². The Morgan fingerprint density at radius 2 is 2.11 bits per heavy atom. The zero-order valence-corrected chi connectivity index (χ0v) is 9.57. The van der Waals surface area contributed by atoms with Crippen LogP contribution in [0.3, 0.4) is 0 Å². The molecule has 2 aromatic rings. The first-order valence-electron chi connectivity index (χ1n) is 5.53. The van der Waals surface area contributed by atoms with Crippen molar-refractivity contribution in [2.75, 3.05) is 6.54 Å². The Morgan fingerprint density at radius 3 is 2.78 bits per heavy atom. The van der Waals surface area contributed by atoms with Gasteiger partial charge in [-0.25, -0.2) is 8.78 Å². The zero-order valence-electron chi connectivity index (χ0n) is 9.57. The first-order chi connectivity index (χ1) is 8.66. The van der Waals surface area contributed by atoms with Crippen molar-refractivity contribution in [3.63, 3.8) is 0 Å². The van der Waals surface area contributed by atoms with Gasteiger partial charge >= 0.3 is 0 Å². The first-order valence-corrected chi connectivity index (χ1v) is 5.53. The summed E-state index contributed by atoms with van der Waals surface area (Å²) in [5, 5.41) is 12.7.